The van der Waals surface area contributed by atoms with Crippen molar-refractivity contribution in [3.05, 3.63) is 0 Å². The Morgan fingerprint density at radius 1 is 1.16 bits per heavy atom. The van der Waals surface area contributed by atoms with Crippen molar-refractivity contribution in [1.82, 2.24) is 0 Å². The van der Waals surface area contributed by atoms with Crippen LogP contribution in [0.4, 0.5) is 0 Å². The fourth-order valence-corrected chi connectivity index (χ4v) is 3.35. The molecular weight excluding hydrogens is 266 g/mol. The van der Waals surface area contributed by atoms with Crippen LogP contribution in [0.2, 0.25) is 0 Å². The molecule has 2 unspecified atom stereocenters. The number of ether oxygens (including phenoxy) is 3. The molecule has 8 heteroatoms. The predicted octanol–water partition coefficient (Wildman–Crippen LogP) is -1.02. The minimum Gasteiger partial charge on any atom is -0.394 e. The smallest absolute Gasteiger partial charge is 0.109 e. The standard InChI is InChI=1S/C11H18B2O5S/c12-10-1-6(15)8(18-10)4-16-5-19-9-2-11(13)17-7(9)3-14/h6-11,14-15H,1-5H2/t6?,7-,8-,9?,10-,11-/m1/s1. The van der Waals surface area contributed by atoms with E-state index in [1.807, 2.05) is 0 Å². The zero-order chi connectivity index (χ0) is 13.8. The normalized spacial score (nSPS) is 42.8. The monoisotopic (exact) mass is 284 g/mol. The molecule has 104 valence electrons. The summed E-state index contributed by atoms with van der Waals surface area (Å²) < 4.78 is 16.1. The van der Waals surface area contributed by atoms with Gasteiger partial charge in [-0.15, -0.1) is 11.8 Å². The number of hydrogen-bond donors (Lipinski definition) is 2. The Kier molecular flexibility index (Phi) is 6.05. The molecular formula is C11H18B2O5S. The first kappa shape index (κ1) is 15.7. The van der Waals surface area contributed by atoms with Gasteiger partial charge in [0.25, 0.3) is 0 Å². The Morgan fingerprint density at radius 2 is 1.84 bits per heavy atom. The third-order valence-electron chi connectivity index (χ3n) is 3.31. The van der Waals surface area contributed by atoms with Gasteiger partial charge < -0.3 is 24.4 Å². The number of thioether (sulfide) groups is 1. The maximum Gasteiger partial charge on any atom is 0.109 e. The fraction of sp³-hybridized carbons (Fsp3) is 1.00. The summed E-state index contributed by atoms with van der Waals surface area (Å²) in [5, 5.41) is 18.9. The van der Waals surface area contributed by atoms with E-state index in [0.717, 1.165) is 0 Å². The number of aliphatic hydroxyl groups excluding tert-OH is 2. The maximum atomic E-state index is 9.62. The molecule has 0 aromatic carbocycles. The van der Waals surface area contributed by atoms with Crippen molar-refractivity contribution >= 4 is 27.5 Å². The van der Waals surface area contributed by atoms with Crippen LogP contribution >= 0.6 is 11.8 Å². The molecule has 0 aromatic rings. The van der Waals surface area contributed by atoms with E-state index in [9.17, 15) is 5.11 Å². The van der Waals surface area contributed by atoms with Gasteiger partial charge in [0.05, 0.1) is 31.4 Å². The fourth-order valence-electron chi connectivity index (χ4n) is 2.30. The quantitative estimate of drug-likeness (QED) is 0.370. The van der Waals surface area contributed by atoms with E-state index < -0.39 is 12.1 Å². The molecule has 0 spiro atoms. The third kappa shape index (κ3) is 4.37. The molecule has 2 rings (SSSR count). The largest absolute Gasteiger partial charge is 0.394 e. The highest BCUT2D eigenvalue weighted by Gasteiger charge is 2.33. The molecule has 19 heavy (non-hydrogen) atoms. The highest BCUT2D eigenvalue weighted by Crippen LogP contribution is 2.29. The van der Waals surface area contributed by atoms with Crippen molar-refractivity contribution in [3.8, 4) is 0 Å². The van der Waals surface area contributed by atoms with Crippen LogP contribution in [0, 0.1) is 0 Å². The van der Waals surface area contributed by atoms with Crippen molar-refractivity contribution in [2.45, 2.75) is 48.4 Å². The molecule has 4 radical (unpaired) electrons. The number of hydrogen-bond acceptors (Lipinski definition) is 6. The molecule has 0 aliphatic carbocycles. The second-order valence-electron chi connectivity index (χ2n) is 4.84. The highest BCUT2D eigenvalue weighted by molar-refractivity contribution is 7.99. The van der Waals surface area contributed by atoms with Gasteiger partial charge >= 0.3 is 0 Å². The maximum absolute atomic E-state index is 9.62. The van der Waals surface area contributed by atoms with Crippen LogP contribution < -0.4 is 0 Å². The van der Waals surface area contributed by atoms with E-state index in [0.29, 0.717) is 25.4 Å². The van der Waals surface area contributed by atoms with Gasteiger partial charge in [0.2, 0.25) is 0 Å². The van der Waals surface area contributed by atoms with Crippen molar-refractivity contribution in [1.29, 1.82) is 0 Å². The molecule has 2 aliphatic heterocycles. The van der Waals surface area contributed by atoms with Gasteiger partial charge in [-0.3, -0.25) is 0 Å². The lowest BCUT2D eigenvalue weighted by Crippen LogP contribution is -2.27. The molecule has 2 saturated heterocycles. The van der Waals surface area contributed by atoms with Crippen LogP contribution in [0.3, 0.4) is 0 Å². The number of rotatable bonds is 6. The van der Waals surface area contributed by atoms with Gasteiger partial charge in [0.15, 0.2) is 0 Å². The van der Waals surface area contributed by atoms with Crippen LogP contribution in [-0.4, -0.2) is 80.6 Å². The topological polar surface area (TPSA) is 68.2 Å². The Labute approximate surface area is 120 Å². The zero-order valence-electron chi connectivity index (χ0n) is 10.7. The van der Waals surface area contributed by atoms with Gasteiger partial charge in [-0.1, -0.05) is 0 Å². The summed E-state index contributed by atoms with van der Waals surface area (Å²) in [4.78, 5) is 0. The second kappa shape index (κ2) is 7.33. The number of aliphatic hydroxyl groups is 2. The van der Waals surface area contributed by atoms with Gasteiger partial charge in [-0.2, -0.15) is 0 Å². The molecule has 2 N–H and O–H groups in total. The van der Waals surface area contributed by atoms with Crippen LogP contribution in [0.25, 0.3) is 0 Å². The average Bonchev–Trinajstić information content (AvgIpc) is 2.87. The highest BCUT2D eigenvalue weighted by atomic mass is 32.2. The summed E-state index contributed by atoms with van der Waals surface area (Å²) in [6, 6.07) is -0.719. The molecule has 0 saturated carbocycles. The second-order valence-corrected chi connectivity index (χ2v) is 6.02. The lowest BCUT2D eigenvalue weighted by Gasteiger charge is -2.17. The summed E-state index contributed by atoms with van der Waals surface area (Å²) in [6.07, 6.45) is -0.00346. The molecule has 2 fully saturated rings. The van der Waals surface area contributed by atoms with E-state index in [2.05, 4.69) is 0 Å². The summed E-state index contributed by atoms with van der Waals surface area (Å²) in [5.74, 6) is 0.444. The molecule has 2 aliphatic rings. The van der Waals surface area contributed by atoms with E-state index in [4.69, 9.17) is 35.0 Å². The first-order valence-corrected chi connectivity index (χ1v) is 7.45. The van der Waals surface area contributed by atoms with Gasteiger partial charge in [0.1, 0.15) is 21.8 Å². The minimum absolute atomic E-state index is 0.0370. The van der Waals surface area contributed by atoms with E-state index in [1.165, 1.54) is 0 Å². The summed E-state index contributed by atoms with van der Waals surface area (Å²) in [6.45, 7) is 0.274. The van der Waals surface area contributed by atoms with Crippen molar-refractivity contribution in [2.75, 3.05) is 19.2 Å². The van der Waals surface area contributed by atoms with Crippen molar-refractivity contribution in [3.63, 3.8) is 0 Å². The van der Waals surface area contributed by atoms with E-state index in [-0.39, 0.29) is 30.1 Å². The Bertz CT molecular complexity index is 286. The molecule has 0 bridgehead atoms. The average molecular weight is 284 g/mol. The lowest BCUT2D eigenvalue weighted by atomic mass is 9.96. The molecule has 0 amide bonds. The van der Waals surface area contributed by atoms with Gasteiger partial charge in [0, 0.05) is 17.3 Å². The molecule has 2 heterocycles. The first-order valence-electron chi connectivity index (χ1n) is 6.40. The first-order chi connectivity index (χ1) is 9.10. The third-order valence-corrected chi connectivity index (χ3v) is 4.54. The predicted molar refractivity (Wildman–Crippen MR) is 73.4 cm³/mol. The van der Waals surface area contributed by atoms with E-state index >= 15 is 0 Å². The zero-order valence-corrected chi connectivity index (χ0v) is 11.5. The van der Waals surface area contributed by atoms with E-state index in [1.54, 1.807) is 11.8 Å². The molecule has 0 aromatic heterocycles. The SMILES string of the molecule is [B][C@H]1CC(O)[C@@H](COCSC2C[C@H]([B])O[C@@H]2CO)O1. The van der Waals surface area contributed by atoms with Crippen LogP contribution in [0.15, 0.2) is 0 Å². The minimum atomic E-state index is -0.562. The summed E-state index contributed by atoms with van der Waals surface area (Å²) in [7, 11) is 11.2. The Balaban J connectivity index is 1.61. The van der Waals surface area contributed by atoms with Crippen LogP contribution in [0.1, 0.15) is 12.8 Å². The molecule has 6 atom stereocenters. The van der Waals surface area contributed by atoms with Crippen molar-refractivity contribution < 1.29 is 24.4 Å². The van der Waals surface area contributed by atoms with Crippen LogP contribution in [0.5, 0.6) is 0 Å². The Hall–Kier alpha value is 0.280. The van der Waals surface area contributed by atoms with Gasteiger partial charge in [-0.05, 0) is 12.8 Å². The van der Waals surface area contributed by atoms with Gasteiger partial charge in [-0.25, -0.2) is 0 Å². The molecule has 5 nitrogen and oxygen atoms in total. The summed E-state index contributed by atoms with van der Waals surface area (Å²) in [5.41, 5.74) is 0. The Morgan fingerprint density at radius 3 is 2.47 bits per heavy atom. The van der Waals surface area contributed by atoms with Crippen molar-refractivity contribution in [2.24, 2.45) is 0 Å². The lowest BCUT2D eigenvalue weighted by molar-refractivity contribution is -0.0206. The van der Waals surface area contributed by atoms with Crippen LogP contribution in [-0.2, 0) is 14.2 Å². The summed E-state index contributed by atoms with van der Waals surface area (Å²) >= 11 is 1.55.